The molecule has 1 aromatic heterocycles. The van der Waals surface area contributed by atoms with E-state index in [9.17, 15) is 22.0 Å². The predicted octanol–water partition coefficient (Wildman–Crippen LogP) is 3.87. The molecule has 8 heteroatoms. The van der Waals surface area contributed by atoms with Crippen molar-refractivity contribution in [3.05, 3.63) is 29.0 Å². The van der Waals surface area contributed by atoms with Gasteiger partial charge in [-0.25, -0.2) is 4.98 Å². The first-order valence-electron chi connectivity index (χ1n) is 4.32. The van der Waals surface area contributed by atoms with Gasteiger partial charge in [-0.3, -0.25) is 0 Å². The number of benzene rings is 1. The minimum atomic E-state index is -5.69. The Kier molecular flexibility index (Phi) is 2.53. The molecule has 0 aliphatic heterocycles. The highest BCUT2D eigenvalue weighted by Gasteiger charge is 2.61. The number of fused-ring (bicyclic) bond motifs is 1. The summed E-state index contributed by atoms with van der Waals surface area (Å²) in [4.78, 5) is 5.13. The van der Waals surface area contributed by atoms with Gasteiger partial charge in [0, 0.05) is 5.02 Å². The lowest BCUT2D eigenvalue weighted by atomic mass is 10.3. The van der Waals surface area contributed by atoms with E-state index in [0.29, 0.717) is 0 Å². The van der Waals surface area contributed by atoms with Gasteiger partial charge in [-0.15, -0.1) is 0 Å². The minimum Gasteiger partial charge on any atom is -0.337 e. The maximum absolute atomic E-state index is 12.9. The summed E-state index contributed by atoms with van der Waals surface area (Å²) in [5.41, 5.74) is 0.0183. The molecular weight excluding hydrogens is 267 g/mol. The number of hydrogen-bond donors (Lipinski definition) is 1. The van der Waals surface area contributed by atoms with Crippen LogP contribution in [0.3, 0.4) is 0 Å². The van der Waals surface area contributed by atoms with Crippen molar-refractivity contribution in [3.8, 4) is 0 Å². The summed E-state index contributed by atoms with van der Waals surface area (Å²) in [6.07, 6.45) is -5.69. The van der Waals surface area contributed by atoms with E-state index in [4.69, 9.17) is 11.6 Å². The lowest BCUT2D eigenvalue weighted by Gasteiger charge is -2.16. The fraction of sp³-hybridized carbons (Fsp3) is 0.222. The van der Waals surface area contributed by atoms with Crippen LogP contribution in [0, 0.1) is 0 Å². The van der Waals surface area contributed by atoms with E-state index in [1.54, 1.807) is 0 Å². The average molecular weight is 271 g/mol. The molecule has 0 unspecified atom stereocenters. The number of alkyl halides is 5. The highest BCUT2D eigenvalue weighted by atomic mass is 35.5. The van der Waals surface area contributed by atoms with Crippen molar-refractivity contribution in [1.29, 1.82) is 0 Å². The molecule has 1 heterocycles. The Morgan fingerprint density at radius 2 is 1.76 bits per heavy atom. The molecule has 0 aliphatic carbocycles. The van der Waals surface area contributed by atoms with Crippen LogP contribution in [-0.2, 0) is 5.92 Å². The zero-order valence-electron chi connectivity index (χ0n) is 7.95. The zero-order valence-corrected chi connectivity index (χ0v) is 8.70. The van der Waals surface area contributed by atoms with Crippen LogP contribution < -0.4 is 0 Å². The number of nitrogens with one attached hydrogen (secondary N) is 1. The summed E-state index contributed by atoms with van der Waals surface area (Å²) < 4.78 is 62.2. The number of halogens is 6. The maximum Gasteiger partial charge on any atom is 0.461 e. The van der Waals surface area contributed by atoms with Crippen LogP contribution in [0.15, 0.2) is 18.2 Å². The molecule has 0 atom stereocenters. The van der Waals surface area contributed by atoms with Gasteiger partial charge >= 0.3 is 12.1 Å². The Bertz CT molecular complexity index is 560. The molecule has 2 nitrogen and oxygen atoms in total. The number of aromatic amines is 1. The summed E-state index contributed by atoms with van der Waals surface area (Å²) in [7, 11) is 0. The van der Waals surface area contributed by atoms with E-state index in [1.807, 2.05) is 4.98 Å². The van der Waals surface area contributed by atoms with Gasteiger partial charge in [0.1, 0.15) is 0 Å². The number of imidazole rings is 1. The first-order valence-corrected chi connectivity index (χ1v) is 4.70. The van der Waals surface area contributed by atoms with E-state index in [0.717, 1.165) is 0 Å². The van der Waals surface area contributed by atoms with Crippen molar-refractivity contribution >= 4 is 22.6 Å². The van der Waals surface area contributed by atoms with Crippen molar-refractivity contribution in [2.45, 2.75) is 12.1 Å². The Morgan fingerprint density at radius 1 is 1.12 bits per heavy atom. The second-order valence-corrected chi connectivity index (χ2v) is 3.76. The van der Waals surface area contributed by atoms with E-state index >= 15 is 0 Å². The van der Waals surface area contributed by atoms with E-state index in [2.05, 4.69) is 4.98 Å². The molecule has 0 bridgehead atoms. The molecule has 92 valence electrons. The van der Waals surface area contributed by atoms with Gasteiger partial charge in [0.2, 0.25) is 0 Å². The van der Waals surface area contributed by atoms with Gasteiger partial charge in [0.15, 0.2) is 5.82 Å². The lowest BCUT2D eigenvalue weighted by molar-refractivity contribution is -0.292. The Balaban J connectivity index is 2.57. The molecule has 1 N–H and O–H groups in total. The number of rotatable bonds is 1. The van der Waals surface area contributed by atoms with Crippen molar-refractivity contribution in [2.75, 3.05) is 0 Å². The molecule has 0 saturated heterocycles. The van der Waals surface area contributed by atoms with Crippen LogP contribution in [0.1, 0.15) is 5.82 Å². The summed E-state index contributed by atoms with van der Waals surface area (Å²) in [5.74, 6) is -6.46. The first kappa shape index (κ1) is 12.1. The van der Waals surface area contributed by atoms with Crippen LogP contribution in [0.4, 0.5) is 22.0 Å². The third-order valence-corrected chi connectivity index (χ3v) is 2.33. The van der Waals surface area contributed by atoms with Crippen LogP contribution in [0.25, 0.3) is 11.0 Å². The summed E-state index contributed by atoms with van der Waals surface area (Å²) in [6, 6.07) is 3.82. The average Bonchev–Trinajstić information content (AvgIpc) is 2.58. The van der Waals surface area contributed by atoms with Gasteiger partial charge in [0.05, 0.1) is 11.0 Å². The third kappa shape index (κ3) is 1.95. The monoisotopic (exact) mass is 270 g/mol. The largest absolute Gasteiger partial charge is 0.461 e. The predicted molar refractivity (Wildman–Crippen MR) is 51.1 cm³/mol. The number of aromatic nitrogens is 2. The molecule has 0 fully saturated rings. The third-order valence-electron chi connectivity index (χ3n) is 2.10. The first-order chi connectivity index (χ1) is 7.72. The van der Waals surface area contributed by atoms with Crippen LogP contribution in [0.2, 0.25) is 5.02 Å². The molecule has 0 spiro atoms. The van der Waals surface area contributed by atoms with Crippen molar-refractivity contribution in [1.82, 2.24) is 9.97 Å². The summed E-state index contributed by atoms with van der Waals surface area (Å²) in [6.45, 7) is 0. The standard InChI is InChI=1S/C9H4ClF5N2/c10-4-1-2-5-6(3-4)17-7(16-5)8(11,12)9(13,14)15/h1-3H,(H,16,17). The van der Waals surface area contributed by atoms with Crippen molar-refractivity contribution < 1.29 is 22.0 Å². The van der Waals surface area contributed by atoms with E-state index in [-0.39, 0.29) is 16.1 Å². The number of H-pyrrole nitrogens is 1. The van der Waals surface area contributed by atoms with Gasteiger partial charge in [-0.05, 0) is 18.2 Å². The van der Waals surface area contributed by atoms with Gasteiger partial charge in [0.25, 0.3) is 0 Å². The maximum atomic E-state index is 12.9. The molecule has 2 rings (SSSR count). The zero-order chi connectivity index (χ0) is 12.8. The Morgan fingerprint density at radius 3 is 2.35 bits per heavy atom. The molecule has 1 aromatic carbocycles. The van der Waals surface area contributed by atoms with E-state index < -0.39 is 17.9 Å². The van der Waals surface area contributed by atoms with Crippen molar-refractivity contribution in [2.24, 2.45) is 0 Å². The summed E-state index contributed by atoms with van der Waals surface area (Å²) in [5, 5.41) is 0.211. The molecular formula is C9H4ClF5N2. The minimum absolute atomic E-state index is 0.00618. The van der Waals surface area contributed by atoms with E-state index in [1.165, 1.54) is 18.2 Å². The Labute approximate surface area is 96.4 Å². The smallest absolute Gasteiger partial charge is 0.337 e. The second-order valence-electron chi connectivity index (χ2n) is 3.32. The van der Waals surface area contributed by atoms with Crippen LogP contribution >= 0.6 is 11.6 Å². The van der Waals surface area contributed by atoms with Gasteiger partial charge in [-0.1, -0.05) is 11.6 Å². The normalized spacial score (nSPS) is 13.3. The molecule has 2 aromatic rings. The van der Waals surface area contributed by atoms with Crippen LogP contribution in [-0.4, -0.2) is 16.1 Å². The number of nitrogens with zero attached hydrogens (tertiary/aromatic N) is 1. The molecule has 0 radical (unpaired) electrons. The van der Waals surface area contributed by atoms with Crippen LogP contribution in [0.5, 0.6) is 0 Å². The highest BCUT2D eigenvalue weighted by molar-refractivity contribution is 6.31. The fourth-order valence-electron chi connectivity index (χ4n) is 1.26. The van der Waals surface area contributed by atoms with Gasteiger partial charge < -0.3 is 4.98 Å². The molecule has 0 amide bonds. The highest BCUT2D eigenvalue weighted by Crippen LogP contribution is 2.43. The Hall–Kier alpha value is -1.37. The quantitative estimate of drug-likeness (QED) is 0.783. The number of hydrogen-bond acceptors (Lipinski definition) is 1. The molecule has 0 saturated carbocycles. The fourth-order valence-corrected chi connectivity index (χ4v) is 1.44. The lowest BCUT2D eigenvalue weighted by Crippen LogP contribution is -2.34. The molecule has 17 heavy (non-hydrogen) atoms. The van der Waals surface area contributed by atoms with Gasteiger partial charge in [-0.2, -0.15) is 22.0 Å². The second kappa shape index (κ2) is 3.56. The SMILES string of the molecule is FC(F)(F)C(F)(F)c1nc2ccc(Cl)cc2[nH]1. The topological polar surface area (TPSA) is 28.7 Å². The molecule has 0 aliphatic rings. The van der Waals surface area contributed by atoms with Crippen molar-refractivity contribution in [3.63, 3.8) is 0 Å². The summed E-state index contributed by atoms with van der Waals surface area (Å²) >= 11 is 5.57.